The van der Waals surface area contributed by atoms with E-state index in [4.69, 9.17) is 15.2 Å². The van der Waals surface area contributed by atoms with Crippen LogP contribution in [0.25, 0.3) is 0 Å². The van der Waals surface area contributed by atoms with Crippen molar-refractivity contribution in [3.05, 3.63) is 56.5 Å². The van der Waals surface area contributed by atoms with Crippen LogP contribution in [0, 0.1) is 0 Å². The molecule has 2 rings (SSSR count). The molecule has 0 radical (unpaired) electrons. The van der Waals surface area contributed by atoms with Gasteiger partial charge in [0.15, 0.2) is 11.5 Å². The van der Waals surface area contributed by atoms with E-state index < -0.39 is 0 Å². The Bertz CT molecular complexity index is 617. The number of nitrogens with two attached hydrogens (primary N) is 1. The Balaban J connectivity index is 2.19. The van der Waals surface area contributed by atoms with E-state index in [0.717, 1.165) is 26.5 Å². The van der Waals surface area contributed by atoms with Crippen molar-refractivity contribution in [2.75, 3.05) is 13.7 Å². The van der Waals surface area contributed by atoms with E-state index in [1.807, 2.05) is 36.4 Å². The third-order valence-corrected chi connectivity index (χ3v) is 4.08. The van der Waals surface area contributed by atoms with E-state index >= 15 is 0 Å². The molecule has 0 atom stereocenters. The number of methoxy groups -OCH3 is 1. The Labute approximate surface area is 141 Å². The van der Waals surface area contributed by atoms with Gasteiger partial charge in [-0.1, -0.05) is 28.1 Å². The van der Waals surface area contributed by atoms with Gasteiger partial charge in [-0.25, -0.2) is 0 Å². The molecule has 3 nitrogen and oxygen atoms in total. The Morgan fingerprint density at radius 3 is 2.57 bits per heavy atom. The van der Waals surface area contributed by atoms with E-state index in [9.17, 15) is 0 Å². The first kappa shape index (κ1) is 16.3. The van der Waals surface area contributed by atoms with Crippen LogP contribution in [0.1, 0.15) is 11.1 Å². The molecule has 2 aromatic carbocycles. The Hall–Kier alpha value is -1.04. The van der Waals surface area contributed by atoms with E-state index in [1.165, 1.54) is 0 Å². The molecule has 0 spiro atoms. The van der Waals surface area contributed by atoms with Crippen LogP contribution >= 0.6 is 31.9 Å². The highest BCUT2D eigenvalue weighted by molar-refractivity contribution is 9.10. The lowest BCUT2D eigenvalue weighted by molar-refractivity contribution is 0.282. The van der Waals surface area contributed by atoms with Crippen LogP contribution in [-0.4, -0.2) is 13.7 Å². The molecule has 0 fully saturated rings. The number of hydrogen-bond donors (Lipinski definition) is 1. The topological polar surface area (TPSA) is 44.5 Å². The molecule has 0 unspecified atom stereocenters. The van der Waals surface area contributed by atoms with Crippen LogP contribution in [0.15, 0.2) is 45.3 Å². The van der Waals surface area contributed by atoms with E-state index in [-0.39, 0.29) is 0 Å². The summed E-state index contributed by atoms with van der Waals surface area (Å²) in [5.74, 6) is 1.42. The SMILES string of the molecule is COc1cc(CCN)cc(Br)c1OCc1cccc(Br)c1. The molecular formula is C16H17Br2NO2. The van der Waals surface area contributed by atoms with Crippen LogP contribution in [0.2, 0.25) is 0 Å². The summed E-state index contributed by atoms with van der Waals surface area (Å²) < 4.78 is 13.2. The molecular weight excluding hydrogens is 398 g/mol. The molecule has 2 aromatic rings. The fraction of sp³-hybridized carbons (Fsp3) is 0.250. The lowest BCUT2D eigenvalue weighted by Gasteiger charge is -2.14. The molecule has 5 heteroatoms. The van der Waals surface area contributed by atoms with Crippen molar-refractivity contribution >= 4 is 31.9 Å². The van der Waals surface area contributed by atoms with Gasteiger partial charge in [0.1, 0.15) is 6.61 Å². The zero-order valence-corrected chi connectivity index (χ0v) is 14.9. The van der Waals surface area contributed by atoms with Gasteiger partial charge in [-0.15, -0.1) is 0 Å². The summed E-state index contributed by atoms with van der Waals surface area (Å²) in [4.78, 5) is 0. The van der Waals surface area contributed by atoms with Gasteiger partial charge < -0.3 is 15.2 Å². The summed E-state index contributed by atoms with van der Waals surface area (Å²) >= 11 is 7.00. The molecule has 0 aliphatic carbocycles. The average Bonchev–Trinajstić information content (AvgIpc) is 2.46. The summed E-state index contributed by atoms with van der Waals surface area (Å²) in [5, 5.41) is 0. The first-order chi connectivity index (χ1) is 10.1. The van der Waals surface area contributed by atoms with Crippen molar-refractivity contribution in [2.24, 2.45) is 5.73 Å². The second-order valence-corrected chi connectivity index (χ2v) is 6.34. The van der Waals surface area contributed by atoms with Gasteiger partial charge in [-0.3, -0.25) is 0 Å². The molecule has 0 aliphatic heterocycles. The minimum Gasteiger partial charge on any atom is -0.493 e. The third-order valence-electron chi connectivity index (χ3n) is 2.99. The van der Waals surface area contributed by atoms with Gasteiger partial charge in [-0.2, -0.15) is 0 Å². The fourth-order valence-corrected chi connectivity index (χ4v) is 3.06. The van der Waals surface area contributed by atoms with Crippen LogP contribution in [-0.2, 0) is 13.0 Å². The summed E-state index contributed by atoms with van der Waals surface area (Å²) in [6, 6.07) is 12.0. The largest absolute Gasteiger partial charge is 0.493 e. The van der Waals surface area contributed by atoms with Crippen LogP contribution in [0.5, 0.6) is 11.5 Å². The molecule has 0 heterocycles. The van der Waals surface area contributed by atoms with Gasteiger partial charge in [0, 0.05) is 4.47 Å². The van der Waals surface area contributed by atoms with Gasteiger partial charge in [-0.05, 0) is 64.3 Å². The highest BCUT2D eigenvalue weighted by Crippen LogP contribution is 2.37. The van der Waals surface area contributed by atoms with Gasteiger partial charge in [0.05, 0.1) is 11.6 Å². The number of benzene rings is 2. The van der Waals surface area contributed by atoms with E-state index in [0.29, 0.717) is 24.7 Å². The number of ether oxygens (including phenoxy) is 2. The molecule has 0 saturated carbocycles. The number of halogens is 2. The molecule has 21 heavy (non-hydrogen) atoms. The van der Waals surface area contributed by atoms with Crippen molar-refractivity contribution < 1.29 is 9.47 Å². The number of hydrogen-bond acceptors (Lipinski definition) is 3. The zero-order chi connectivity index (χ0) is 15.2. The third kappa shape index (κ3) is 4.46. The molecule has 112 valence electrons. The first-order valence-electron chi connectivity index (χ1n) is 6.57. The predicted molar refractivity (Wildman–Crippen MR) is 91.9 cm³/mol. The van der Waals surface area contributed by atoms with Crippen LogP contribution < -0.4 is 15.2 Å². The molecule has 0 saturated heterocycles. The monoisotopic (exact) mass is 413 g/mol. The highest BCUT2D eigenvalue weighted by atomic mass is 79.9. The average molecular weight is 415 g/mol. The van der Waals surface area contributed by atoms with Gasteiger partial charge in [0.2, 0.25) is 0 Å². The van der Waals surface area contributed by atoms with Gasteiger partial charge in [0.25, 0.3) is 0 Å². The van der Waals surface area contributed by atoms with Crippen LogP contribution in [0.4, 0.5) is 0 Å². The van der Waals surface area contributed by atoms with E-state index in [2.05, 4.69) is 31.9 Å². The second kappa shape index (κ2) is 7.82. The smallest absolute Gasteiger partial charge is 0.175 e. The number of rotatable bonds is 6. The Morgan fingerprint density at radius 2 is 1.90 bits per heavy atom. The first-order valence-corrected chi connectivity index (χ1v) is 8.16. The van der Waals surface area contributed by atoms with Crippen molar-refractivity contribution in [1.29, 1.82) is 0 Å². The maximum absolute atomic E-state index is 5.91. The summed E-state index contributed by atoms with van der Waals surface area (Å²) in [7, 11) is 1.64. The highest BCUT2D eigenvalue weighted by Gasteiger charge is 2.12. The predicted octanol–water partition coefficient (Wildman–Crippen LogP) is 4.30. The summed E-state index contributed by atoms with van der Waals surface area (Å²) in [5.41, 5.74) is 7.81. The van der Waals surface area contributed by atoms with E-state index in [1.54, 1.807) is 7.11 Å². The van der Waals surface area contributed by atoms with Crippen molar-refractivity contribution in [3.8, 4) is 11.5 Å². The lowest BCUT2D eigenvalue weighted by Crippen LogP contribution is -2.04. The molecule has 2 N–H and O–H groups in total. The minimum atomic E-state index is 0.477. The zero-order valence-electron chi connectivity index (χ0n) is 11.7. The Morgan fingerprint density at radius 1 is 1.10 bits per heavy atom. The van der Waals surface area contributed by atoms with Crippen molar-refractivity contribution in [2.45, 2.75) is 13.0 Å². The lowest BCUT2D eigenvalue weighted by atomic mass is 10.1. The van der Waals surface area contributed by atoms with Crippen molar-refractivity contribution in [1.82, 2.24) is 0 Å². The molecule has 0 amide bonds. The fourth-order valence-electron chi connectivity index (χ4n) is 2.01. The van der Waals surface area contributed by atoms with Gasteiger partial charge >= 0.3 is 0 Å². The normalized spacial score (nSPS) is 10.5. The molecule has 0 aromatic heterocycles. The van der Waals surface area contributed by atoms with Crippen molar-refractivity contribution in [3.63, 3.8) is 0 Å². The maximum Gasteiger partial charge on any atom is 0.175 e. The summed E-state index contributed by atoms with van der Waals surface area (Å²) in [6.07, 6.45) is 0.806. The second-order valence-electron chi connectivity index (χ2n) is 4.57. The minimum absolute atomic E-state index is 0.477. The van der Waals surface area contributed by atoms with Crippen LogP contribution in [0.3, 0.4) is 0 Å². The maximum atomic E-state index is 5.91. The molecule has 0 bridgehead atoms. The summed E-state index contributed by atoms with van der Waals surface area (Å²) in [6.45, 7) is 1.08. The Kier molecular flexibility index (Phi) is 6.08. The molecule has 0 aliphatic rings. The quantitative estimate of drug-likeness (QED) is 0.766. The standard InChI is InChI=1S/C16H17Br2NO2/c1-20-15-9-11(5-6-19)8-14(18)16(15)21-10-12-3-2-4-13(17)7-12/h2-4,7-9H,5-6,10,19H2,1H3.